The molecule has 8 heteroatoms. The smallest absolute Gasteiger partial charge is 0.437 e. The second kappa shape index (κ2) is 3.90. The van der Waals surface area contributed by atoms with Crippen LogP contribution in [0.4, 0.5) is 13.2 Å². The zero-order valence-electron chi connectivity index (χ0n) is 9.13. The average Bonchev–Trinajstić information content (AvgIpc) is 2.69. The molecular weight excluding hydrogens is 251 g/mol. The van der Waals surface area contributed by atoms with Gasteiger partial charge in [0.1, 0.15) is 5.69 Å². The molecular formula is C10H8F3N3O2. The van der Waals surface area contributed by atoms with E-state index >= 15 is 0 Å². The molecule has 0 unspecified atom stereocenters. The molecule has 0 aromatic carbocycles. The van der Waals surface area contributed by atoms with Gasteiger partial charge in [0.05, 0.1) is 18.8 Å². The second-order valence-corrected chi connectivity index (χ2v) is 3.51. The quantitative estimate of drug-likeness (QED) is 0.861. The summed E-state index contributed by atoms with van der Waals surface area (Å²) in [5.41, 5.74) is 4.13. The average molecular weight is 259 g/mol. The van der Waals surface area contributed by atoms with Crippen LogP contribution >= 0.6 is 0 Å². The SMILES string of the molecule is COc1c(C(F)(F)F)ncc2[nH]c(C(N)=O)cc12. The molecule has 2 rings (SSSR count). The van der Waals surface area contributed by atoms with E-state index in [0.717, 1.165) is 13.3 Å². The number of carbonyl (C=O) groups is 1. The molecule has 0 aliphatic heterocycles. The summed E-state index contributed by atoms with van der Waals surface area (Å²) in [4.78, 5) is 16.8. The number of hydrogen-bond acceptors (Lipinski definition) is 3. The Kier molecular flexibility index (Phi) is 2.64. The third-order valence-electron chi connectivity index (χ3n) is 2.37. The number of hydrogen-bond donors (Lipinski definition) is 2. The number of aromatic amines is 1. The number of primary amides is 1. The van der Waals surface area contributed by atoms with Gasteiger partial charge in [-0.05, 0) is 6.07 Å². The number of aromatic nitrogens is 2. The highest BCUT2D eigenvalue weighted by molar-refractivity contribution is 5.98. The number of alkyl halides is 3. The Labute approximate surface area is 98.7 Å². The van der Waals surface area contributed by atoms with E-state index < -0.39 is 23.5 Å². The van der Waals surface area contributed by atoms with Gasteiger partial charge in [0, 0.05) is 5.39 Å². The van der Waals surface area contributed by atoms with Crippen molar-refractivity contribution in [3.05, 3.63) is 23.7 Å². The van der Waals surface area contributed by atoms with E-state index in [1.165, 1.54) is 6.07 Å². The summed E-state index contributed by atoms with van der Waals surface area (Å²) in [7, 11) is 1.10. The highest BCUT2D eigenvalue weighted by Gasteiger charge is 2.37. The number of fused-ring (bicyclic) bond motifs is 1. The number of nitrogens with one attached hydrogen (secondary N) is 1. The highest BCUT2D eigenvalue weighted by atomic mass is 19.4. The lowest BCUT2D eigenvalue weighted by atomic mass is 10.2. The lowest BCUT2D eigenvalue weighted by Crippen LogP contribution is -2.10. The van der Waals surface area contributed by atoms with Crippen LogP contribution in [0.3, 0.4) is 0 Å². The number of nitrogens with zero attached hydrogens (tertiary/aromatic N) is 1. The van der Waals surface area contributed by atoms with Crippen LogP contribution in [0.1, 0.15) is 16.2 Å². The molecule has 0 atom stereocenters. The summed E-state index contributed by atoms with van der Waals surface area (Å²) in [5.74, 6) is -1.22. The zero-order chi connectivity index (χ0) is 13.5. The predicted molar refractivity (Wildman–Crippen MR) is 56.2 cm³/mol. The molecule has 0 saturated heterocycles. The van der Waals surface area contributed by atoms with Gasteiger partial charge >= 0.3 is 6.18 Å². The Morgan fingerprint density at radius 3 is 2.67 bits per heavy atom. The van der Waals surface area contributed by atoms with E-state index in [0.29, 0.717) is 0 Å². The first kappa shape index (κ1) is 12.2. The van der Waals surface area contributed by atoms with E-state index in [-0.39, 0.29) is 16.6 Å². The van der Waals surface area contributed by atoms with Crippen molar-refractivity contribution in [3.8, 4) is 5.75 Å². The number of rotatable bonds is 2. The summed E-state index contributed by atoms with van der Waals surface area (Å²) in [5, 5.41) is 0.105. The molecule has 0 aliphatic rings. The van der Waals surface area contributed by atoms with Crippen LogP contribution in [-0.4, -0.2) is 23.0 Å². The van der Waals surface area contributed by atoms with Gasteiger partial charge < -0.3 is 15.5 Å². The Morgan fingerprint density at radius 2 is 2.17 bits per heavy atom. The van der Waals surface area contributed by atoms with E-state index in [2.05, 4.69) is 9.97 Å². The fourth-order valence-electron chi connectivity index (χ4n) is 1.62. The Balaban J connectivity index is 2.75. The van der Waals surface area contributed by atoms with Crippen LogP contribution in [-0.2, 0) is 6.18 Å². The van der Waals surface area contributed by atoms with Crippen LogP contribution in [0, 0.1) is 0 Å². The van der Waals surface area contributed by atoms with Crippen molar-refractivity contribution in [1.82, 2.24) is 9.97 Å². The molecule has 5 nitrogen and oxygen atoms in total. The van der Waals surface area contributed by atoms with Gasteiger partial charge in [-0.15, -0.1) is 0 Å². The Hall–Kier alpha value is -2.25. The third kappa shape index (κ3) is 1.85. The van der Waals surface area contributed by atoms with Crippen molar-refractivity contribution >= 4 is 16.8 Å². The van der Waals surface area contributed by atoms with E-state index in [4.69, 9.17) is 10.5 Å². The molecule has 0 spiro atoms. The molecule has 18 heavy (non-hydrogen) atoms. The molecule has 96 valence electrons. The first-order valence-electron chi connectivity index (χ1n) is 4.77. The third-order valence-corrected chi connectivity index (χ3v) is 2.37. The maximum atomic E-state index is 12.7. The summed E-state index contributed by atoms with van der Waals surface area (Å²) < 4.78 is 42.8. The number of methoxy groups -OCH3 is 1. The number of ether oxygens (including phenoxy) is 1. The maximum absolute atomic E-state index is 12.7. The first-order chi connectivity index (χ1) is 8.34. The monoisotopic (exact) mass is 259 g/mol. The van der Waals surface area contributed by atoms with Crippen molar-refractivity contribution in [2.24, 2.45) is 5.73 Å². The molecule has 0 radical (unpaired) electrons. The minimum Gasteiger partial charge on any atom is -0.494 e. The van der Waals surface area contributed by atoms with E-state index in [1.54, 1.807) is 0 Å². The number of nitrogens with two attached hydrogens (primary N) is 1. The van der Waals surface area contributed by atoms with Gasteiger partial charge in [0.25, 0.3) is 5.91 Å². The molecule has 0 aliphatic carbocycles. The summed E-state index contributed by atoms with van der Waals surface area (Å²) >= 11 is 0. The number of pyridine rings is 1. The van der Waals surface area contributed by atoms with Crippen LogP contribution in [0.5, 0.6) is 5.75 Å². The fourth-order valence-corrected chi connectivity index (χ4v) is 1.62. The predicted octanol–water partition coefficient (Wildman–Crippen LogP) is 1.69. The van der Waals surface area contributed by atoms with Crippen molar-refractivity contribution in [3.63, 3.8) is 0 Å². The molecule has 1 amide bonds. The fraction of sp³-hybridized carbons (Fsp3) is 0.200. The normalized spacial score (nSPS) is 11.8. The number of carbonyl (C=O) groups excluding carboxylic acids is 1. The largest absolute Gasteiger partial charge is 0.494 e. The first-order valence-corrected chi connectivity index (χ1v) is 4.77. The van der Waals surface area contributed by atoms with Gasteiger partial charge in [-0.2, -0.15) is 13.2 Å². The van der Waals surface area contributed by atoms with Gasteiger partial charge in [-0.1, -0.05) is 0 Å². The second-order valence-electron chi connectivity index (χ2n) is 3.51. The van der Waals surface area contributed by atoms with Crippen LogP contribution in [0.25, 0.3) is 10.9 Å². The number of H-pyrrole nitrogens is 1. The lowest BCUT2D eigenvalue weighted by molar-refractivity contribution is -0.142. The highest BCUT2D eigenvalue weighted by Crippen LogP contribution is 2.38. The van der Waals surface area contributed by atoms with Gasteiger partial charge in [-0.25, -0.2) is 4.98 Å². The Bertz CT molecular complexity index is 619. The van der Waals surface area contributed by atoms with E-state index in [1.807, 2.05) is 0 Å². The molecule has 0 fully saturated rings. The lowest BCUT2D eigenvalue weighted by Gasteiger charge is -2.10. The van der Waals surface area contributed by atoms with Crippen LogP contribution in [0.2, 0.25) is 0 Å². The van der Waals surface area contributed by atoms with Crippen molar-refractivity contribution < 1.29 is 22.7 Å². The standard InChI is InChI=1S/C10H8F3N3O2/c1-18-7-4-2-5(9(14)17)16-6(4)3-15-8(7)10(11,12)13/h2-3,16H,1H3,(H2,14,17). The molecule has 2 aromatic rings. The van der Waals surface area contributed by atoms with E-state index in [9.17, 15) is 18.0 Å². The van der Waals surface area contributed by atoms with Crippen LogP contribution < -0.4 is 10.5 Å². The summed E-state index contributed by atoms with van der Waals surface area (Å²) in [6.45, 7) is 0. The molecule has 0 bridgehead atoms. The topological polar surface area (TPSA) is 81.0 Å². The molecule has 2 heterocycles. The number of halogens is 3. The van der Waals surface area contributed by atoms with Gasteiger partial charge in [0.2, 0.25) is 0 Å². The van der Waals surface area contributed by atoms with Crippen molar-refractivity contribution in [2.75, 3.05) is 7.11 Å². The zero-order valence-corrected chi connectivity index (χ0v) is 9.13. The molecule has 2 aromatic heterocycles. The summed E-state index contributed by atoms with van der Waals surface area (Å²) in [6, 6.07) is 1.20. The van der Waals surface area contributed by atoms with Crippen LogP contribution in [0.15, 0.2) is 12.3 Å². The minimum atomic E-state index is -4.64. The molecule has 0 saturated carbocycles. The summed E-state index contributed by atoms with van der Waals surface area (Å²) in [6.07, 6.45) is -3.66. The number of amides is 1. The van der Waals surface area contributed by atoms with Gasteiger partial charge in [0.15, 0.2) is 11.4 Å². The van der Waals surface area contributed by atoms with Crippen molar-refractivity contribution in [1.29, 1.82) is 0 Å². The minimum absolute atomic E-state index is 0.00979. The van der Waals surface area contributed by atoms with Crippen molar-refractivity contribution in [2.45, 2.75) is 6.18 Å². The Morgan fingerprint density at radius 1 is 1.50 bits per heavy atom. The van der Waals surface area contributed by atoms with Gasteiger partial charge in [-0.3, -0.25) is 4.79 Å². The maximum Gasteiger partial charge on any atom is 0.437 e. The molecule has 3 N–H and O–H groups in total.